The van der Waals surface area contributed by atoms with Gasteiger partial charge in [-0.1, -0.05) is 5.21 Å². The quantitative estimate of drug-likeness (QED) is 0.549. The van der Waals surface area contributed by atoms with Gasteiger partial charge in [-0.05, 0) is 6.42 Å². The van der Waals surface area contributed by atoms with Gasteiger partial charge in [0.1, 0.15) is 4.90 Å². The number of hydrogen-bond donors (Lipinski definition) is 3. The van der Waals surface area contributed by atoms with Gasteiger partial charge in [-0.2, -0.15) is 10.3 Å². The van der Waals surface area contributed by atoms with Crippen molar-refractivity contribution < 1.29 is 13.5 Å². The van der Waals surface area contributed by atoms with Crippen molar-refractivity contribution in [2.24, 2.45) is 0 Å². The van der Waals surface area contributed by atoms with Crippen molar-refractivity contribution in [2.45, 2.75) is 24.4 Å². The van der Waals surface area contributed by atoms with E-state index in [1.807, 2.05) is 0 Å². The number of aliphatic hydroxyl groups excluding tert-OH is 1. The van der Waals surface area contributed by atoms with Crippen molar-refractivity contribution in [3.63, 3.8) is 0 Å². The van der Waals surface area contributed by atoms with Crippen LogP contribution in [0.1, 0.15) is 12.2 Å². The number of rotatable bonds is 7. The Morgan fingerprint density at radius 3 is 3.00 bits per heavy atom. The average molecular weight is 287 g/mol. The molecular formula is C8H13N7O3S. The molecule has 104 valence electrons. The lowest BCUT2D eigenvalue weighted by atomic mass is 10.5. The summed E-state index contributed by atoms with van der Waals surface area (Å²) in [6.45, 7) is 0.426. The van der Waals surface area contributed by atoms with E-state index in [0.29, 0.717) is 13.0 Å². The Labute approximate surface area is 108 Å². The molecule has 0 atom stereocenters. The van der Waals surface area contributed by atoms with Crippen LogP contribution in [0.4, 0.5) is 0 Å². The first-order valence-corrected chi connectivity index (χ1v) is 6.95. The van der Waals surface area contributed by atoms with Crippen molar-refractivity contribution in [1.29, 1.82) is 0 Å². The SMILES string of the molecule is O=S(=O)(NCc1nn[nH]n1)c1cnn(CCCO)c1. The second-order valence-electron chi connectivity index (χ2n) is 3.67. The maximum Gasteiger partial charge on any atom is 0.244 e. The number of aromatic amines is 1. The molecule has 19 heavy (non-hydrogen) atoms. The molecule has 0 unspecified atom stereocenters. The van der Waals surface area contributed by atoms with E-state index >= 15 is 0 Å². The third-order valence-electron chi connectivity index (χ3n) is 2.27. The van der Waals surface area contributed by atoms with E-state index in [1.165, 1.54) is 17.1 Å². The second-order valence-corrected chi connectivity index (χ2v) is 5.44. The molecule has 11 heteroatoms. The van der Waals surface area contributed by atoms with E-state index < -0.39 is 10.0 Å². The summed E-state index contributed by atoms with van der Waals surface area (Å²) in [7, 11) is -3.66. The van der Waals surface area contributed by atoms with Crippen LogP contribution < -0.4 is 4.72 Å². The Balaban J connectivity index is 2.00. The smallest absolute Gasteiger partial charge is 0.244 e. The molecule has 0 amide bonds. The fraction of sp³-hybridized carbons (Fsp3) is 0.500. The lowest BCUT2D eigenvalue weighted by Gasteiger charge is -2.01. The van der Waals surface area contributed by atoms with E-state index in [1.54, 1.807) is 0 Å². The van der Waals surface area contributed by atoms with Crippen LogP contribution >= 0.6 is 0 Å². The van der Waals surface area contributed by atoms with Gasteiger partial charge >= 0.3 is 0 Å². The standard InChI is InChI=1S/C8H13N7O3S/c16-3-1-2-15-6-7(4-9-15)19(17,18)10-5-8-11-13-14-12-8/h4,6,10,16H,1-3,5H2,(H,11,12,13,14). The fourth-order valence-electron chi connectivity index (χ4n) is 1.34. The zero-order valence-corrected chi connectivity index (χ0v) is 10.7. The highest BCUT2D eigenvalue weighted by molar-refractivity contribution is 7.89. The van der Waals surface area contributed by atoms with Crippen molar-refractivity contribution in [3.8, 4) is 0 Å². The first kappa shape index (κ1) is 13.6. The van der Waals surface area contributed by atoms with Crippen LogP contribution in [-0.2, 0) is 23.1 Å². The van der Waals surface area contributed by atoms with Gasteiger partial charge in [0.25, 0.3) is 0 Å². The monoisotopic (exact) mass is 287 g/mol. The first-order chi connectivity index (χ1) is 9.12. The fourth-order valence-corrected chi connectivity index (χ4v) is 2.27. The summed E-state index contributed by atoms with van der Waals surface area (Å²) in [6, 6.07) is 0. The molecule has 3 N–H and O–H groups in total. The summed E-state index contributed by atoms with van der Waals surface area (Å²) in [5, 5.41) is 25.4. The van der Waals surface area contributed by atoms with Gasteiger partial charge in [0.05, 0.1) is 12.7 Å². The molecule has 0 aromatic carbocycles. The van der Waals surface area contributed by atoms with Crippen molar-refractivity contribution in [1.82, 2.24) is 35.1 Å². The minimum atomic E-state index is -3.66. The summed E-state index contributed by atoms with van der Waals surface area (Å²) < 4.78 is 27.6. The van der Waals surface area contributed by atoms with Crippen LogP contribution in [0.2, 0.25) is 0 Å². The highest BCUT2D eigenvalue weighted by Gasteiger charge is 2.17. The summed E-state index contributed by atoms with van der Waals surface area (Å²) in [4.78, 5) is 0.0499. The Hall–Kier alpha value is -1.85. The van der Waals surface area contributed by atoms with Crippen LogP contribution in [0, 0.1) is 0 Å². The summed E-state index contributed by atoms with van der Waals surface area (Å²) in [5.74, 6) is 0.247. The topological polar surface area (TPSA) is 139 Å². The summed E-state index contributed by atoms with van der Waals surface area (Å²) in [5.41, 5.74) is 0. The number of nitrogens with zero attached hydrogens (tertiary/aromatic N) is 5. The summed E-state index contributed by atoms with van der Waals surface area (Å²) >= 11 is 0. The largest absolute Gasteiger partial charge is 0.396 e. The van der Waals surface area contributed by atoms with Gasteiger partial charge < -0.3 is 5.11 Å². The molecule has 0 aliphatic carbocycles. The maximum atomic E-state index is 11.9. The number of aromatic nitrogens is 6. The van der Waals surface area contributed by atoms with Crippen LogP contribution in [0.15, 0.2) is 17.3 Å². The molecule has 0 aliphatic heterocycles. The predicted molar refractivity (Wildman–Crippen MR) is 62.1 cm³/mol. The van der Waals surface area contributed by atoms with Crippen LogP contribution in [0.25, 0.3) is 0 Å². The van der Waals surface area contributed by atoms with Crippen LogP contribution in [-0.4, -0.2) is 50.5 Å². The number of hydrogen-bond acceptors (Lipinski definition) is 7. The van der Waals surface area contributed by atoms with E-state index in [9.17, 15) is 8.42 Å². The molecule has 0 bridgehead atoms. The van der Waals surface area contributed by atoms with E-state index in [-0.39, 0.29) is 23.9 Å². The normalized spacial score (nSPS) is 11.8. The molecule has 0 aliphatic rings. The molecule has 0 saturated carbocycles. The Morgan fingerprint density at radius 1 is 1.47 bits per heavy atom. The van der Waals surface area contributed by atoms with Gasteiger partial charge in [-0.25, -0.2) is 13.1 Å². The Bertz CT molecular complexity index is 606. The number of H-pyrrole nitrogens is 1. The predicted octanol–water partition coefficient (Wildman–Crippen LogP) is -1.74. The minimum absolute atomic E-state index is 0.0258. The number of sulfonamides is 1. The summed E-state index contributed by atoms with van der Waals surface area (Å²) in [6.07, 6.45) is 3.15. The van der Waals surface area contributed by atoms with Crippen molar-refractivity contribution in [2.75, 3.05) is 6.61 Å². The molecule has 0 radical (unpaired) electrons. The number of tetrazole rings is 1. The highest BCUT2D eigenvalue weighted by Crippen LogP contribution is 2.07. The lowest BCUT2D eigenvalue weighted by molar-refractivity contribution is 0.277. The number of aryl methyl sites for hydroxylation is 1. The van der Waals surface area contributed by atoms with Gasteiger partial charge in [0, 0.05) is 19.3 Å². The highest BCUT2D eigenvalue weighted by atomic mass is 32.2. The molecular weight excluding hydrogens is 274 g/mol. The molecule has 2 heterocycles. The lowest BCUT2D eigenvalue weighted by Crippen LogP contribution is -2.23. The third-order valence-corrected chi connectivity index (χ3v) is 3.63. The van der Waals surface area contributed by atoms with Crippen LogP contribution in [0.5, 0.6) is 0 Å². The zero-order valence-electron chi connectivity index (χ0n) is 9.89. The second kappa shape index (κ2) is 5.86. The first-order valence-electron chi connectivity index (χ1n) is 5.47. The van der Waals surface area contributed by atoms with Crippen LogP contribution in [0.3, 0.4) is 0 Å². The van der Waals surface area contributed by atoms with E-state index in [2.05, 4.69) is 30.4 Å². The van der Waals surface area contributed by atoms with Crippen molar-refractivity contribution >= 4 is 10.0 Å². The van der Waals surface area contributed by atoms with Gasteiger partial charge in [-0.15, -0.1) is 10.2 Å². The molecule has 2 rings (SSSR count). The molecule has 10 nitrogen and oxygen atoms in total. The number of nitrogens with one attached hydrogen (secondary N) is 2. The van der Waals surface area contributed by atoms with Crippen molar-refractivity contribution in [3.05, 3.63) is 18.2 Å². The maximum absolute atomic E-state index is 11.9. The zero-order chi connectivity index (χ0) is 13.7. The molecule has 2 aromatic rings. The van der Waals surface area contributed by atoms with E-state index in [0.717, 1.165) is 0 Å². The van der Waals surface area contributed by atoms with Gasteiger partial charge in [-0.3, -0.25) is 4.68 Å². The van der Waals surface area contributed by atoms with Gasteiger partial charge in [0.2, 0.25) is 10.0 Å². The average Bonchev–Trinajstić information content (AvgIpc) is 3.05. The molecule has 0 saturated heterocycles. The van der Waals surface area contributed by atoms with Gasteiger partial charge in [0.15, 0.2) is 5.82 Å². The Kier molecular flexibility index (Phi) is 4.19. The van der Waals surface area contributed by atoms with E-state index in [4.69, 9.17) is 5.11 Å². The molecule has 2 aromatic heterocycles. The number of aliphatic hydroxyl groups is 1. The third kappa shape index (κ3) is 3.56. The minimum Gasteiger partial charge on any atom is -0.396 e. The molecule has 0 spiro atoms. The molecule has 0 fully saturated rings. The Morgan fingerprint density at radius 2 is 2.32 bits per heavy atom.